The topological polar surface area (TPSA) is 46.3 Å². The smallest absolute Gasteiger partial charge is 0.343 e. The van der Waals surface area contributed by atoms with E-state index in [-0.39, 0.29) is 6.54 Å². The number of likely N-dealkylation sites (N-methyl/N-ethyl adjacent to an activating group) is 1. The lowest BCUT2D eigenvalue weighted by Gasteiger charge is -2.27. The van der Waals surface area contributed by atoms with Gasteiger partial charge in [-0.1, -0.05) is 0 Å². The van der Waals surface area contributed by atoms with E-state index in [9.17, 15) is 31.1 Å². The molecule has 17 heavy (non-hydrogen) atoms. The molecule has 0 aromatic rings. The van der Waals surface area contributed by atoms with E-state index < -0.39 is 30.2 Å². The average molecular weight is 266 g/mol. The van der Waals surface area contributed by atoms with E-state index >= 15 is 0 Å². The first kappa shape index (κ1) is 16.0. The van der Waals surface area contributed by atoms with Crippen LogP contribution in [0.2, 0.25) is 0 Å². The van der Waals surface area contributed by atoms with Gasteiger partial charge in [0.25, 0.3) is 0 Å². The summed E-state index contributed by atoms with van der Waals surface area (Å²) in [6.07, 6.45) is -11.3. The van der Waals surface area contributed by atoms with Crippen molar-refractivity contribution in [2.45, 2.75) is 25.3 Å². The average Bonchev–Trinajstić information content (AvgIpc) is 1.96. The first-order valence-electron chi connectivity index (χ1n) is 4.51. The Morgan fingerprint density at radius 3 is 1.76 bits per heavy atom. The number of carbonyl (C=O) groups is 1. The lowest BCUT2D eigenvalue weighted by atomic mass is 10.1. The monoisotopic (exact) mass is 266 g/mol. The Morgan fingerprint density at radius 1 is 1.18 bits per heavy atom. The lowest BCUT2D eigenvalue weighted by Crippen LogP contribution is -2.50. The van der Waals surface area contributed by atoms with E-state index in [2.05, 4.69) is 0 Å². The van der Waals surface area contributed by atoms with Crippen LogP contribution in [0.1, 0.15) is 6.92 Å². The zero-order chi connectivity index (χ0) is 14.0. The van der Waals surface area contributed by atoms with Gasteiger partial charge < -0.3 is 10.6 Å². The van der Waals surface area contributed by atoms with E-state index in [0.717, 1.165) is 7.05 Å². The van der Waals surface area contributed by atoms with Crippen molar-refractivity contribution < 1.29 is 31.1 Å². The Bertz CT molecular complexity index is 258. The summed E-state index contributed by atoms with van der Waals surface area (Å²) < 4.78 is 73.0. The molecule has 0 saturated carbocycles. The van der Waals surface area contributed by atoms with E-state index in [1.165, 1.54) is 6.92 Å². The molecule has 1 atom stereocenters. The van der Waals surface area contributed by atoms with E-state index in [0.29, 0.717) is 4.90 Å². The van der Waals surface area contributed by atoms with Gasteiger partial charge in [-0.15, -0.1) is 0 Å². The fraction of sp³-hybridized carbons (Fsp3) is 0.875. The third-order valence-electron chi connectivity index (χ3n) is 1.84. The molecule has 0 rings (SSSR count). The number of rotatable bonds is 3. The molecule has 9 heteroatoms. The first-order chi connectivity index (χ1) is 7.37. The van der Waals surface area contributed by atoms with Gasteiger partial charge in [0.2, 0.25) is 11.8 Å². The molecule has 0 heterocycles. The second-order valence-electron chi connectivity index (χ2n) is 3.71. The van der Waals surface area contributed by atoms with Gasteiger partial charge in [-0.25, -0.2) is 0 Å². The minimum absolute atomic E-state index is 0.330. The minimum Gasteiger partial charge on any atom is -0.343 e. The molecule has 0 bridgehead atoms. The summed E-state index contributed by atoms with van der Waals surface area (Å²) in [6.45, 7) is 0.974. The van der Waals surface area contributed by atoms with Gasteiger partial charge in [0.05, 0.1) is 0 Å². The maximum Gasteiger partial charge on any atom is 0.409 e. The van der Waals surface area contributed by atoms with Crippen molar-refractivity contribution >= 4 is 5.91 Å². The van der Waals surface area contributed by atoms with E-state index in [1.807, 2.05) is 0 Å². The Labute approximate surface area is 93.5 Å². The second kappa shape index (κ2) is 5.11. The van der Waals surface area contributed by atoms with Gasteiger partial charge >= 0.3 is 12.4 Å². The van der Waals surface area contributed by atoms with Crippen molar-refractivity contribution in [3.05, 3.63) is 0 Å². The molecule has 0 aromatic heterocycles. The van der Waals surface area contributed by atoms with Crippen LogP contribution in [0.5, 0.6) is 0 Å². The molecule has 2 N–H and O–H groups in total. The van der Waals surface area contributed by atoms with Crippen LogP contribution in [-0.4, -0.2) is 42.8 Å². The predicted molar refractivity (Wildman–Crippen MR) is 46.9 cm³/mol. The molecule has 0 saturated heterocycles. The predicted octanol–water partition coefficient (Wildman–Crippen LogP) is 1.53. The zero-order valence-electron chi connectivity index (χ0n) is 9.06. The molecule has 0 aliphatic heterocycles. The van der Waals surface area contributed by atoms with Crippen molar-refractivity contribution in [1.29, 1.82) is 0 Å². The number of amides is 1. The molecule has 102 valence electrons. The molecular formula is C8H12F6N2O. The van der Waals surface area contributed by atoms with Gasteiger partial charge in [-0.3, -0.25) is 4.79 Å². The van der Waals surface area contributed by atoms with Crippen molar-refractivity contribution in [1.82, 2.24) is 4.90 Å². The molecule has 3 nitrogen and oxygen atoms in total. The summed E-state index contributed by atoms with van der Waals surface area (Å²) in [7, 11) is 0.843. The maximum atomic E-state index is 12.2. The normalized spacial score (nSPS) is 14.9. The van der Waals surface area contributed by atoms with Gasteiger partial charge in [0.1, 0.15) is 0 Å². The molecule has 0 fully saturated rings. The quantitative estimate of drug-likeness (QED) is 0.787. The molecule has 0 aromatic carbocycles. The van der Waals surface area contributed by atoms with Gasteiger partial charge in [0, 0.05) is 19.6 Å². The molecule has 0 aliphatic rings. The van der Waals surface area contributed by atoms with Crippen molar-refractivity contribution in [2.75, 3.05) is 13.6 Å². The van der Waals surface area contributed by atoms with Crippen molar-refractivity contribution in [3.63, 3.8) is 0 Å². The third-order valence-corrected chi connectivity index (χ3v) is 1.84. The van der Waals surface area contributed by atoms with Crippen LogP contribution in [0.15, 0.2) is 0 Å². The van der Waals surface area contributed by atoms with Gasteiger partial charge in [0.15, 0.2) is 0 Å². The van der Waals surface area contributed by atoms with Crippen molar-refractivity contribution in [2.24, 2.45) is 11.7 Å². The molecule has 1 amide bonds. The number of carbonyl (C=O) groups excluding carboxylic acids is 1. The maximum absolute atomic E-state index is 12.2. The van der Waals surface area contributed by atoms with Gasteiger partial charge in [-0.05, 0) is 6.92 Å². The van der Waals surface area contributed by atoms with Crippen LogP contribution in [0.4, 0.5) is 26.3 Å². The summed E-state index contributed by atoms with van der Waals surface area (Å²) in [6, 6.07) is -0.717. The minimum atomic E-state index is -5.67. The van der Waals surface area contributed by atoms with Crippen LogP contribution >= 0.6 is 0 Å². The second-order valence-corrected chi connectivity index (χ2v) is 3.71. The van der Waals surface area contributed by atoms with Crippen LogP contribution in [0.25, 0.3) is 0 Å². The number of nitrogens with two attached hydrogens (primary N) is 1. The van der Waals surface area contributed by atoms with Gasteiger partial charge in [-0.2, -0.15) is 26.3 Å². The summed E-state index contributed by atoms with van der Waals surface area (Å²) in [5.74, 6) is -6.05. The van der Waals surface area contributed by atoms with Crippen LogP contribution in [0.3, 0.4) is 0 Å². The summed E-state index contributed by atoms with van der Waals surface area (Å²) >= 11 is 0. The standard InChI is InChI=1S/C8H12F6N2O/c1-4(15)3-16(2)6(17)5(7(9,10)11)8(12,13)14/h4-5H,3,15H2,1-2H3. The van der Waals surface area contributed by atoms with Crippen LogP contribution < -0.4 is 5.73 Å². The molecular weight excluding hydrogens is 254 g/mol. The summed E-state index contributed by atoms with van der Waals surface area (Å²) in [5, 5.41) is 0. The van der Waals surface area contributed by atoms with E-state index in [4.69, 9.17) is 5.73 Å². The van der Waals surface area contributed by atoms with Crippen molar-refractivity contribution in [3.8, 4) is 0 Å². The van der Waals surface area contributed by atoms with Crippen LogP contribution in [0, 0.1) is 5.92 Å². The Balaban J connectivity index is 5.03. The Hall–Kier alpha value is -0.990. The lowest BCUT2D eigenvalue weighted by molar-refractivity contribution is -0.277. The molecule has 0 spiro atoms. The number of nitrogens with zero attached hydrogens (tertiary/aromatic N) is 1. The molecule has 1 unspecified atom stereocenters. The highest BCUT2D eigenvalue weighted by Crippen LogP contribution is 2.40. The first-order valence-corrected chi connectivity index (χ1v) is 4.51. The third kappa shape index (κ3) is 4.80. The SMILES string of the molecule is CC(N)CN(C)C(=O)C(C(F)(F)F)C(F)(F)F. The Morgan fingerprint density at radius 2 is 1.53 bits per heavy atom. The Kier molecular flexibility index (Phi) is 4.81. The number of hydrogen-bond acceptors (Lipinski definition) is 2. The largest absolute Gasteiger partial charge is 0.409 e. The zero-order valence-corrected chi connectivity index (χ0v) is 9.06. The van der Waals surface area contributed by atoms with E-state index in [1.54, 1.807) is 0 Å². The number of halogens is 6. The summed E-state index contributed by atoms with van der Waals surface area (Å²) in [5.41, 5.74) is 5.19. The number of alkyl halides is 6. The fourth-order valence-electron chi connectivity index (χ4n) is 1.21. The van der Waals surface area contributed by atoms with Crippen LogP contribution in [-0.2, 0) is 4.79 Å². The highest BCUT2D eigenvalue weighted by Gasteiger charge is 2.61. The highest BCUT2D eigenvalue weighted by atomic mass is 19.4. The molecule has 0 radical (unpaired) electrons. The summed E-state index contributed by atoms with van der Waals surface area (Å²) in [4.78, 5) is 11.4. The number of hydrogen-bond donors (Lipinski definition) is 1. The highest BCUT2D eigenvalue weighted by molar-refractivity contribution is 5.80. The fourth-order valence-corrected chi connectivity index (χ4v) is 1.21. The molecule has 0 aliphatic carbocycles.